The van der Waals surface area contributed by atoms with Crippen molar-refractivity contribution >= 4 is 0 Å². The van der Waals surface area contributed by atoms with Gasteiger partial charge in [0.05, 0.1) is 0 Å². The second-order valence-corrected chi connectivity index (χ2v) is 5.61. The molecule has 2 heteroatoms. The molecular formula is C16H26N2. The number of nitrogens with two attached hydrogens (primary N) is 1. The van der Waals surface area contributed by atoms with Gasteiger partial charge < -0.3 is 10.6 Å². The maximum Gasteiger partial charge on any atom is 0.00702 e. The smallest absolute Gasteiger partial charge is 0.00702 e. The number of piperidine rings is 1. The number of benzene rings is 1. The fourth-order valence-electron chi connectivity index (χ4n) is 2.89. The topological polar surface area (TPSA) is 29.3 Å². The van der Waals surface area contributed by atoms with Crippen LogP contribution in [-0.2, 0) is 6.42 Å². The number of aryl methyl sites for hydroxylation is 1. The molecule has 1 aliphatic rings. The van der Waals surface area contributed by atoms with E-state index in [2.05, 4.69) is 42.2 Å². The normalized spacial score (nSPS) is 22.9. The summed E-state index contributed by atoms with van der Waals surface area (Å²) in [5.74, 6) is 0.720. The summed E-state index contributed by atoms with van der Waals surface area (Å²) in [5.41, 5.74) is 7.26. The average Bonchev–Trinajstić information content (AvgIpc) is 2.46. The zero-order valence-electron chi connectivity index (χ0n) is 11.5. The molecule has 2 N–H and O–H groups in total. The Bertz CT molecular complexity index is 336. The lowest BCUT2D eigenvalue weighted by Gasteiger charge is -2.36. The van der Waals surface area contributed by atoms with Gasteiger partial charge in [-0.25, -0.2) is 0 Å². The van der Waals surface area contributed by atoms with Crippen molar-refractivity contribution in [3.05, 3.63) is 35.9 Å². The highest BCUT2D eigenvalue weighted by Gasteiger charge is 2.22. The Labute approximate surface area is 111 Å². The van der Waals surface area contributed by atoms with Gasteiger partial charge in [0.2, 0.25) is 0 Å². The molecule has 0 saturated carbocycles. The molecule has 1 fully saturated rings. The number of likely N-dealkylation sites (tertiary alicyclic amines) is 1. The standard InChI is InChI=1S/C16H26N2/c1-14(9-10-15-6-3-2-4-7-15)18-11-5-8-16(12-17)13-18/h2-4,6-7,14,16H,5,8-13,17H2,1H3. The lowest BCUT2D eigenvalue weighted by molar-refractivity contribution is 0.129. The van der Waals surface area contributed by atoms with Crippen molar-refractivity contribution in [2.75, 3.05) is 19.6 Å². The third-order valence-corrected chi connectivity index (χ3v) is 4.20. The Morgan fingerprint density at radius 3 is 2.83 bits per heavy atom. The first kappa shape index (κ1) is 13.6. The predicted octanol–water partition coefficient (Wildman–Crippen LogP) is 2.68. The average molecular weight is 246 g/mol. The first-order valence-corrected chi connectivity index (χ1v) is 7.27. The lowest BCUT2D eigenvalue weighted by atomic mass is 9.95. The summed E-state index contributed by atoms with van der Waals surface area (Å²) in [4.78, 5) is 2.63. The van der Waals surface area contributed by atoms with Crippen LogP contribution in [0.2, 0.25) is 0 Å². The minimum absolute atomic E-state index is 0.680. The van der Waals surface area contributed by atoms with Crippen LogP contribution in [0.1, 0.15) is 31.7 Å². The van der Waals surface area contributed by atoms with E-state index in [1.54, 1.807) is 0 Å². The Morgan fingerprint density at radius 1 is 1.33 bits per heavy atom. The minimum atomic E-state index is 0.680. The molecule has 1 aromatic carbocycles. The van der Waals surface area contributed by atoms with E-state index in [1.807, 2.05) is 0 Å². The SMILES string of the molecule is CC(CCc1ccccc1)N1CCCC(CN)C1. The van der Waals surface area contributed by atoms with Crippen molar-refractivity contribution in [3.8, 4) is 0 Å². The molecule has 0 aliphatic carbocycles. The molecule has 1 heterocycles. The van der Waals surface area contributed by atoms with Gasteiger partial charge in [-0.05, 0) is 57.2 Å². The molecule has 1 aromatic rings. The number of nitrogens with zero attached hydrogens (tertiary/aromatic N) is 1. The molecule has 2 nitrogen and oxygen atoms in total. The highest BCUT2D eigenvalue weighted by atomic mass is 15.2. The van der Waals surface area contributed by atoms with Gasteiger partial charge >= 0.3 is 0 Å². The van der Waals surface area contributed by atoms with Gasteiger partial charge in [0.25, 0.3) is 0 Å². The lowest BCUT2D eigenvalue weighted by Crippen LogP contribution is -2.43. The van der Waals surface area contributed by atoms with Crippen LogP contribution in [-0.4, -0.2) is 30.6 Å². The molecule has 100 valence electrons. The van der Waals surface area contributed by atoms with Crippen molar-refractivity contribution < 1.29 is 0 Å². The Balaban J connectivity index is 1.79. The van der Waals surface area contributed by atoms with Crippen LogP contribution in [0.15, 0.2) is 30.3 Å². The first-order chi connectivity index (χ1) is 8.79. The number of hydrogen-bond donors (Lipinski definition) is 1. The summed E-state index contributed by atoms with van der Waals surface area (Å²) in [6.07, 6.45) is 5.07. The van der Waals surface area contributed by atoms with E-state index in [4.69, 9.17) is 5.73 Å². The van der Waals surface area contributed by atoms with Crippen molar-refractivity contribution in [2.45, 2.75) is 38.6 Å². The second kappa shape index (κ2) is 6.91. The maximum atomic E-state index is 5.80. The Kier molecular flexibility index (Phi) is 5.21. The summed E-state index contributed by atoms with van der Waals surface area (Å²) < 4.78 is 0. The monoisotopic (exact) mass is 246 g/mol. The maximum absolute atomic E-state index is 5.80. The van der Waals surface area contributed by atoms with Crippen molar-refractivity contribution in [2.24, 2.45) is 11.7 Å². The quantitative estimate of drug-likeness (QED) is 0.865. The van der Waals surface area contributed by atoms with Crippen LogP contribution in [0.25, 0.3) is 0 Å². The molecule has 0 radical (unpaired) electrons. The summed E-state index contributed by atoms with van der Waals surface area (Å²) in [6, 6.07) is 11.5. The first-order valence-electron chi connectivity index (χ1n) is 7.27. The highest BCUT2D eigenvalue weighted by Crippen LogP contribution is 2.19. The largest absolute Gasteiger partial charge is 0.330 e. The van der Waals surface area contributed by atoms with E-state index >= 15 is 0 Å². The fraction of sp³-hybridized carbons (Fsp3) is 0.625. The second-order valence-electron chi connectivity index (χ2n) is 5.61. The summed E-state index contributed by atoms with van der Waals surface area (Å²) in [6.45, 7) is 5.67. The molecule has 18 heavy (non-hydrogen) atoms. The number of hydrogen-bond acceptors (Lipinski definition) is 2. The van der Waals surface area contributed by atoms with Crippen LogP contribution in [0.5, 0.6) is 0 Å². The fourth-order valence-corrected chi connectivity index (χ4v) is 2.89. The van der Waals surface area contributed by atoms with Gasteiger partial charge in [0, 0.05) is 12.6 Å². The molecular weight excluding hydrogens is 220 g/mol. The summed E-state index contributed by atoms with van der Waals surface area (Å²) >= 11 is 0. The molecule has 1 saturated heterocycles. The number of rotatable bonds is 5. The predicted molar refractivity (Wildman–Crippen MR) is 77.6 cm³/mol. The van der Waals surface area contributed by atoms with Gasteiger partial charge in [-0.15, -0.1) is 0 Å². The van der Waals surface area contributed by atoms with E-state index in [-0.39, 0.29) is 0 Å². The summed E-state index contributed by atoms with van der Waals surface area (Å²) in [7, 11) is 0. The van der Waals surface area contributed by atoms with Gasteiger partial charge in [-0.2, -0.15) is 0 Å². The van der Waals surface area contributed by atoms with Crippen LogP contribution in [0, 0.1) is 5.92 Å². The van der Waals surface area contributed by atoms with Gasteiger partial charge in [-0.3, -0.25) is 0 Å². The highest BCUT2D eigenvalue weighted by molar-refractivity contribution is 5.14. The van der Waals surface area contributed by atoms with E-state index in [0.717, 1.165) is 12.5 Å². The van der Waals surface area contributed by atoms with Crippen LogP contribution in [0.3, 0.4) is 0 Å². The van der Waals surface area contributed by atoms with E-state index in [1.165, 1.54) is 44.3 Å². The minimum Gasteiger partial charge on any atom is -0.330 e. The van der Waals surface area contributed by atoms with E-state index in [9.17, 15) is 0 Å². The van der Waals surface area contributed by atoms with Gasteiger partial charge in [0.15, 0.2) is 0 Å². The molecule has 0 bridgehead atoms. The van der Waals surface area contributed by atoms with Crippen molar-refractivity contribution in [1.82, 2.24) is 4.90 Å². The van der Waals surface area contributed by atoms with Gasteiger partial charge in [0.1, 0.15) is 0 Å². The molecule has 2 atom stereocenters. The zero-order valence-corrected chi connectivity index (χ0v) is 11.5. The molecule has 0 spiro atoms. The van der Waals surface area contributed by atoms with Crippen LogP contribution >= 0.6 is 0 Å². The van der Waals surface area contributed by atoms with E-state index in [0.29, 0.717) is 6.04 Å². The van der Waals surface area contributed by atoms with Crippen LogP contribution in [0.4, 0.5) is 0 Å². The van der Waals surface area contributed by atoms with Crippen LogP contribution < -0.4 is 5.73 Å². The Hall–Kier alpha value is -0.860. The third-order valence-electron chi connectivity index (χ3n) is 4.20. The Morgan fingerprint density at radius 2 is 2.11 bits per heavy atom. The molecule has 2 rings (SSSR count). The van der Waals surface area contributed by atoms with Gasteiger partial charge in [-0.1, -0.05) is 30.3 Å². The van der Waals surface area contributed by atoms with Crippen molar-refractivity contribution in [3.63, 3.8) is 0 Å². The molecule has 0 aromatic heterocycles. The van der Waals surface area contributed by atoms with Crippen molar-refractivity contribution in [1.29, 1.82) is 0 Å². The molecule has 2 unspecified atom stereocenters. The molecule has 1 aliphatic heterocycles. The zero-order chi connectivity index (χ0) is 12.8. The summed E-state index contributed by atoms with van der Waals surface area (Å²) in [5, 5.41) is 0. The third kappa shape index (κ3) is 3.82. The van der Waals surface area contributed by atoms with E-state index < -0.39 is 0 Å². The molecule has 0 amide bonds.